The van der Waals surface area contributed by atoms with E-state index < -0.39 is 6.10 Å². The molecule has 5 nitrogen and oxygen atoms in total. The fourth-order valence-corrected chi connectivity index (χ4v) is 1.47. The number of rotatable bonds is 7. The third kappa shape index (κ3) is 4.33. The van der Waals surface area contributed by atoms with Gasteiger partial charge in [0.1, 0.15) is 5.75 Å². The standard InChI is InChI=1S/C13H20N2O3/c1-3-12(13(16)17-4-2)18-11-6-5-10(7-8-14)15-9-11/h5-6,9,12H,3-4,7-8,14H2,1-2H3. The zero-order chi connectivity index (χ0) is 13.4. The molecule has 1 heterocycles. The van der Waals surface area contributed by atoms with Crippen molar-refractivity contribution in [3.05, 3.63) is 24.0 Å². The fourth-order valence-electron chi connectivity index (χ4n) is 1.47. The summed E-state index contributed by atoms with van der Waals surface area (Å²) in [4.78, 5) is 15.8. The molecule has 1 aromatic rings. The Morgan fingerprint density at radius 3 is 2.72 bits per heavy atom. The maximum Gasteiger partial charge on any atom is 0.347 e. The largest absolute Gasteiger partial charge is 0.477 e. The third-order valence-electron chi connectivity index (χ3n) is 2.40. The Kier molecular flexibility index (Phi) is 6.14. The minimum absolute atomic E-state index is 0.342. The molecule has 0 amide bonds. The number of hydrogen-bond donors (Lipinski definition) is 1. The van der Waals surface area contributed by atoms with Gasteiger partial charge in [0, 0.05) is 12.1 Å². The summed E-state index contributed by atoms with van der Waals surface area (Å²) in [5.74, 6) is 0.224. The van der Waals surface area contributed by atoms with Crippen LogP contribution in [0.1, 0.15) is 26.0 Å². The molecule has 0 aliphatic rings. The van der Waals surface area contributed by atoms with Crippen LogP contribution in [0.25, 0.3) is 0 Å². The van der Waals surface area contributed by atoms with Gasteiger partial charge in [0.15, 0.2) is 6.10 Å². The highest BCUT2D eigenvalue weighted by atomic mass is 16.6. The van der Waals surface area contributed by atoms with E-state index >= 15 is 0 Å². The maximum absolute atomic E-state index is 11.6. The van der Waals surface area contributed by atoms with Crippen molar-refractivity contribution in [3.63, 3.8) is 0 Å². The lowest BCUT2D eigenvalue weighted by Gasteiger charge is -2.15. The van der Waals surface area contributed by atoms with Crippen LogP contribution < -0.4 is 10.5 Å². The average Bonchev–Trinajstić information content (AvgIpc) is 2.38. The Morgan fingerprint density at radius 1 is 1.44 bits per heavy atom. The number of hydrogen-bond acceptors (Lipinski definition) is 5. The molecule has 0 radical (unpaired) electrons. The summed E-state index contributed by atoms with van der Waals surface area (Å²) >= 11 is 0. The van der Waals surface area contributed by atoms with Crippen LogP contribution in [0.5, 0.6) is 5.75 Å². The van der Waals surface area contributed by atoms with Crippen LogP contribution in [-0.2, 0) is 16.0 Å². The zero-order valence-electron chi connectivity index (χ0n) is 10.9. The molecule has 1 atom stereocenters. The molecule has 1 aromatic heterocycles. The van der Waals surface area contributed by atoms with Crippen LogP contribution >= 0.6 is 0 Å². The van der Waals surface area contributed by atoms with Gasteiger partial charge in [0.25, 0.3) is 0 Å². The molecular formula is C13H20N2O3. The van der Waals surface area contributed by atoms with Crippen molar-refractivity contribution in [2.24, 2.45) is 5.73 Å². The van der Waals surface area contributed by atoms with E-state index in [9.17, 15) is 4.79 Å². The van der Waals surface area contributed by atoms with Crippen molar-refractivity contribution in [1.82, 2.24) is 4.98 Å². The van der Waals surface area contributed by atoms with E-state index in [-0.39, 0.29) is 5.97 Å². The monoisotopic (exact) mass is 252 g/mol. The van der Waals surface area contributed by atoms with E-state index in [0.717, 1.165) is 12.1 Å². The minimum Gasteiger partial charge on any atom is -0.477 e. The number of nitrogens with two attached hydrogens (primary N) is 1. The van der Waals surface area contributed by atoms with Crippen LogP contribution in [0.15, 0.2) is 18.3 Å². The predicted molar refractivity (Wildman–Crippen MR) is 68.3 cm³/mol. The Balaban J connectivity index is 2.61. The SMILES string of the molecule is CCOC(=O)C(CC)Oc1ccc(CCN)nc1. The lowest BCUT2D eigenvalue weighted by molar-refractivity contribution is -0.151. The van der Waals surface area contributed by atoms with Gasteiger partial charge in [-0.05, 0) is 32.0 Å². The summed E-state index contributed by atoms with van der Waals surface area (Å²) in [5, 5.41) is 0. The smallest absolute Gasteiger partial charge is 0.347 e. The molecule has 2 N–H and O–H groups in total. The van der Waals surface area contributed by atoms with Crippen molar-refractivity contribution in [3.8, 4) is 5.75 Å². The number of ether oxygens (including phenoxy) is 2. The quantitative estimate of drug-likeness (QED) is 0.740. The lowest BCUT2D eigenvalue weighted by atomic mass is 10.2. The highest BCUT2D eigenvalue weighted by molar-refractivity contribution is 5.75. The topological polar surface area (TPSA) is 74.4 Å². The number of carbonyl (C=O) groups is 1. The number of aromatic nitrogens is 1. The summed E-state index contributed by atoms with van der Waals surface area (Å²) < 4.78 is 10.5. The fraction of sp³-hybridized carbons (Fsp3) is 0.538. The molecule has 5 heteroatoms. The van der Waals surface area contributed by atoms with E-state index in [2.05, 4.69) is 4.98 Å². The molecule has 0 saturated carbocycles. The minimum atomic E-state index is -0.577. The molecule has 0 bridgehead atoms. The summed E-state index contributed by atoms with van der Waals surface area (Å²) in [5.41, 5.74) is 6.35. The van der Waals surface area contributed by atoms with E-state index in [1.165, 1.54) is 0 Å². The Bertz CT molecular complexity index is 365. The molecular weight excluding hydrogens is 232 g/mol. The Hall–Kier alpha value is -1.62. The average molecular weight is 252 g/mol. The summed E-state index contributed by atoms with van der Waals surface area (Å²) in [7, 11) is 0. The van der Waals surface area contributed by atoms with E-state index in [1.807, 2.05) is 13.0 Å². The van der Waals surface area contributed by atoms with Gasteiger partial charge in [-0.3, -0.25) is 4.98 Å². The van der Waals surface area contributed by atoms with Crippen LogP contribution in [0.2, 0.25) is 0 Å². The number of esters is 1. The van der Waals surface area contributed by atoms with Gasteiger partial charge in [-0.15, -0.1) is 0 Å². The van der Waals surface area contributed by atoms with Crippen LogP contribution in [-0.4, -0.2) is 30.2 Å². The van der Waals surface area contributed by atoms with Crippen molar-refractivity contribution >= 4 is 5.97 Å². The first kappa shape index (κ1) is 14.4. The summed E-state index contributed by atoms with van der Waals surface area (Å²) in [6.07, 6.45) is 2.32. The molecule has 0 saturated heterocycles. The first-order valence-corrected chi connectivity index (χ1v) is 6.19. The molecule has 0 aromatic carbocycles. The van der Waals surface area contributed by atoms with Crippen LogP contribution in [0.4, 0.5) is 0 Å². The van der Waals surface area contributed by atoms with Crippen molar-refractivity contribution in [2.45, 2.75) is 32.8 Å². The molecule has 0 spiro atoms. The second-order valence-electron chi connectivity index (χ2n) is 3.79. The highest BCUT2D eigenvalue weighted by Gasteiger charge is 2.19. The lowest BCUT2D eigenvalue weighted by Crippen LogP contribution is -2.28. The van der Waals surface area contributed by atoms with Crippen molar-refractivity contribution < 1.29 is 14.3 Å². The van der Waals surface area contributed by atoms with Gasteiger partial charge in [0.05, 0.1) is 12.8 Å². The van der Waals surface area contributed by atoms with Crippen molar-refractivity contribution in [1.29, 1.82) is 0 Å². The molecule has 0 aliphatic heterocycles. The third-order valence-corrected chi connectivity index (χ3v) is 2.40. The molecule has 0 aliphatic carbocycles. The Labute approximate surface area is 107 Å². The molecule has 0 fully saturated rings. The first-order valence-electron chi connectivity index (χ1n) is 6.19. The Morgan fingerprint density at radius 2 is 2.22 bits per heavy atom. The van der Waals surface area contributed by atoms with Gasteiger partial charge >= 0.3 is 5.97 Å². The summed E-state index contributed by atoms with van der Waals surface area (Å²) in [6.45, 7) is 4.56. The van der Waals surface area contributed by atoms with Gasteiger partial charge in [-0.25, -0.2) is 4.79 Å². The maximum atomic E-state index is 11.6. The van der Waals surface area contributed by atoms with E-state index in [0.29, 0.717) is 25.3 Å². The van der Waals surface area contributed by atoms with Gasteiger partial charge in [-0.1, -0.05) is 6.92 Å². The summed E-state index contributed by atoms with van der Waals surface area (Å²) in [6, 6.07) is 3.64. The zero-order valence-corrected chi connectivity index (χ0v) is 10.9. The number of pyridine rings is 1. The highest BCUT2D eigenvalue weighted by Crippen LogP contribution is 2.13. The number of nitrogens with zero attached hydrogens (tertiary/aromatic N) is 1. The molecule has 1 unspecified atom stereocenters. The van der Waals surface area contributed by atoms with Crippen LogP contribution in [0.3, 0.4) is 0 Å². The normalized spacial score (nSPS) is 11.9. The van der Waals surface area contributed by atoms with Crippen LogP contribution in [0, 0.1) is 0 Å². The van der Waals surface area contributed by atoms with Gasteiger partial charge < -0.3 is 15.2 Å². The van der Waals surface area contributed by atoms with E-state index in [1.54, 1.807) is 19.2 Å². The first-order chi connectivity index (χ1) is 8.71. The van der Waals surface area contributed by atoms with Gasteiger partial charge in [-0.2, -0.15) is 0 Å². The number of carbonyl (C=O) groups excluding carboxylic acids is 1. The second kappa shape index (κ2) is 7.66. The molecule has 18 heavy (non-hydrogen) atoms. The van der Waals surface area contributed by atoms with Gasteiger partial charge in [0.2, 0.25) is 0 Å². The molecule has 1 rings (SSSR count). The van der Waals surface area contributed by atoms with E-state index in [4.69, 9.17) is 15.2 Å². The predicted octanol–water partition coefficient (Wildman–Crippen LogP) is 1.30. The second-order valence-corrected chi connectivity index (χ2v) is 3.79. The molecule has 100 valence electrons. The van der Waals surface area contributed by atoms with Crippen molar-refractivity contribution in [2.75, 3.05) is 13.2 Å².